The van der Waals surface area contributed by atoms with E-state index in [1.807, 2.05) is 12.1 Å². The first-order valence-electron chi connectivity index (χ1n) is 14.3. The molecule has 0 spiro atoms. The first kappa shape index (κ1) is 27.1. The molecule has 0 unspecified atom stereocenters. The Morgan fingerprint density at radius 3 is 1.85 bits per heavy atom. The number of unbranched alkanes of at least 4 members (excludes halogenated alkanes) is 3. The molecule has 0 fully saturated rings. The molecule has 0 saturated carbocycles. The van der Waals surface area contributed by atoms with Crippen LogP contribution in [-0.4, -0.2) is 4.98 Å². The molecule has 198 valence electrons. The molecule has 5 rings (SSSR count). The van der Waals surface area contributed by atoms with Crippen molar-refractivity contribution in [1.29, 1.82) is 0 Å². The lowest BCUT2D eigenvalue weighted by atomic mass is 9.96. The average Bonchev–Trinajstić information content (AvgIpc) is 3.01. The highest BCUT2D eigenvalue weighted by atomic mass is 14.7. The van der Waals surface area contributed by atoms with Crippen LogP contribution in [0.5, 0.6) is 0 Å². The average molecular weight is 520 g/mol. The van der Waals surface area contributed by atoms with Gasteiger partial charge in [-0.05, 0) is 71.2 Å². The maximum absolute atomic E-state index is 4.89. The summed E-state index contributed by atoms with van der Waals surface area (Å²) in [4.78, 5) is 4.89. The third-order valence-electron chi connectivity index (χ3n) is 7.45. The van der Waals surface area contributed by atoms with Gasteiger partial charge in [0.05, 0.1) is 11.0 Å². The van der Waals surface area contributed by atoms with E-state index in [2.05, 4.69) is 122 Å². The van der Waals surface area contributed by atoms with E-state index >= 15 is 0 Å². The van der Waals surface area contributed by atoms with Crippen LogP contribution in [0.1, 0.15) is 36.8 Å². The van der Waals surface area contributed by atoms with Crippen molar-refractivity contribution in [3.8, 4) is 33.5 Å². The summed E-state index contributed by atoms with van der Waals surface area (Å²) in [7, 11) is 0. The number of aryl methyl sites for hydroxylation is 2. The van der Waals surface area contributed by atoms with Crippen molar-refractivity contribution < 1.29 is 0 Å². The minimum absolute atomic E-state index is 0.757. The summed E-state index contributed by atoms with van der Waals surface area (Å²) < 4.78 is 0. The van der Waals surface area contributed by atoms with Crippen molar-refractivity contribution in [3.05, 3.63) is 150 Å². The van der Waals surface area contributed by atoms with Crippen LogP contribution in [0.3, 0.4) is 0 Å². The second kappa shape index (κ2) is 13.5. The summed E-state index contributed by atoms with van der Waals surface area (Å²) in [6.45, 7) is 8.17. The SMILES string of the molecule is C=C/C=c1/c(-c2ccccc2)cc(-c2cccc(-c3cccc(CCCCCCc4ccccc4)c3)c2)nc1=C. The predicted molar refractivity (Wildman–Crippen MR) is 172 cm³/mol. The summed E-state index contributed by atoms with van der Waals surface area (Å²) in [5, 5.41) is 1.77. The van der Waals surface area contributed by atoms with Crippen LogP contribution >= 0.6 is 0 Å². The maximum atomic E-state index is 4.89. The van der Waals surface area contributed by atoms with Crippen molar-refractivity contribution in [3.63, 3.8) is 0 Å². The maximum Gasteiger partial charge on any atom is 0.0715 e. The molecule has 1 heterocycles. The third kappa shape index (κ3) is 6.93. The van der Waals surface area contributed by atoms with E-state index in [1.54, 1.807) is 6.08 Å². The van der Waals surface area contributed by atoms with Crippen molar-refractivity contribution in [2.75, 3.05) is 0 Å². The van der Waals surface area contributed by atoms with Gasteiger partial charge in [0.2, 0.25) is 0 Å². The van der Waals surface area contributed by atoms with Crippen molar-refractivity contribution in [1.82, 2.24) is 4.98 Å². The minimum atomic E-state index is 0.757. The van der Waals surface area contributed by atoms with Gasteiger partial charge >= 0.3 is 0 Å². The van der Waals surface area contributed by atoms with E-state index in [1.165, 1.54) is 54.4 Å². The van der Waals surface area contributed by atoms with Crippen molar-refractivity contribution in [2.24, 2.45) is 0 Å². The Bertz CT molecular complexity index is 1670. The molecule has 0 aliphatic rings. The van der Waals surface area contributed by atoms with Crippen LogP contribution in [0.4, 0.5) is 0 Å². The Morgan fingerprint density at radius 2 is 1.12 bits per heavy atom. The van der Waals surface area contributed by atoms with Gasteiger partial charge in [-0.1, -0.05) is 141 Å². The highest BCUT2D eigenvalue weighted by molar-refractivity contribution is 5.76. The molecule has 4 aromatic carbocycles. The summed E-state index contributed by atoms with van der Waals surface area (Å²) in [6, 6.07) is 41.1. The van der Waals surface area contributed by atoms with Gasteiger partial charge in [0.15, 0.2) is 0 Å². The van der Waals surface area contributed by atoms with Gasteiger partial charge in [0.25, 0.3) is 0 Å². The zero-order valence-corrected chi connectivity index (χ0v) is 23.2. The van der Waals surface area contributed by atoms with Gasteiger partial charge in [-0.3, -0.25) is 0 Å². The van der Waals surface area contributed by atoms with E-state index in [4.69, 9.17) is 4.98 Å². The first-order chi connectivity index (χ1) is 19.7. The van der Waals surface area contributed by atoms with Gasteiger partial charge in [-0.15, -0.1) is 0 Å². The number of hydrogen-bond acceptors (Lipinski definition) is 1. The Morgan fingerprint density at radius 1 is 0.550 bits per heavy atom. The lowest BCUT2D eigenvalue weighted by Crippen LogP contribution is -2.29. The van der Waals surface area contributed by atoms with E-state index in [-0.39, 0.29) is 0 Å². The van der Waals surface area contributed by atoms with Crippen molar-refractivity contribution in [2.45, 2.75) is 38.5 Å². The lowest BCUT2D eigenvalue weighted by Gasteiger charge is -2.10. The molecular formula is C39H37N. The number of nitrogens with zero attached hydrogens (tertiary/aromatic N) is 1. The Balaban J connectivity index is 1.30. The molecule has 1 nitrogen and oxygen atoms in total. The summed E-state index contributed by atoms with van der Waals surface area (Å²) in [5.74, 6) is 0. The number of allylic oxidation sites excluding steroid dienone is 1. The van der Waals surface area contributed by atoms with Gasteiger partial charge in [0.1, 0.15) is 0 Å². The molecule has 5 aromatic rings. The largest absolute Gasteiger partial charge is 0.248 e. The molecule has 0 atom stereocenters. The highest BCUT2D eigenvalue weighted by Gasteiger charge is 2.08. The minimum Gasteiger partial charge on any atom is -0.248 e. The topological polar surface area (TPSA) is 12.9 Å². The number of pyridine rings is 1. The standard InChI is InChI=1S/C39H37N/c1-3-16-37-30(2)40-39(29-38(37)33-22-12-7-13-23-33)36-26-15-25-35(28-36)34-24-14-21-32(27-34)20-9-5-4-8-17-31-18-10-6-11-19-31/h3,6-7,10-16,18-19,21-29H,1-2,4-5,8-9,17,20H2/b37-16+. The normalized spacial score (nSPS) is 11.4. The molecule has 1 aromatic heterocycles. The molecule has 0 N–H and O–H groups in total. The zero-order valence-electron chi connectivity index (χ0n) is 23.2. The van der Waals surface area contributed by atoms with Gasteiger partial charge in [-0.2, -0.15) is 0 Å². The first-order valence-corrected chi connectivity index (χ1v) is 14.3. The van der Waals surface area contributed by atoms with Gasteiger partial charge in [-0.25, -0.2) is 4.98 Å². The summed E-state index contributed by atoms with van der Waals surface area (Å²) in [6.07, 6.45) is 11.1. The Kier molecular flexibility index (Phi) is 9.17. The van der Waals surface area contributed by atoms with E-state index in [0.717, 1.165) is 39.4 Å². The predicted octanol–water partition coefficient (Wildman–Crippen LogP) is 8.81. The number of rotatable bonds is 11. The molecule has 0 aliphatic carbocycles. The van der Waals surface area contributed by atoms with E-state index in [9.17, 15) is 0 Å². The molecule has 0 saturated heterocycles. The smallest absolute Gasteiger partial charge is 0.0715 e. The quantitative estimate of drug-likeness (QED) is 0.159. The molecule has 0 bridgehead atoms. The number of hydrogen-bond donors (Lipinski definition) is 0. The molecule has 40 heavy (non-hydrogen) atoms. The second-order valence-corrected chi connectivity index (χ2v) is 10.4. The molecule has 0 radical (unpaired) electrons. The van der Waals surface area contributed by atoms with Crippen LogP contribution in [0.15, 0.2) is 128 Å². The second-order valence-electron chi connectivity index (χ2n) is 10.4. The van der Waals surface area contributed by atoms with Crippen LogP contribution in [0.2, 0.25) is 0 Å². The fraction of sp³-hybridized carbons (Fsp3) is 0.154. The summed E-state index contributed by atoms with van der Waals surface area (Å²) in [5.41, 5.74) is 9.59. The van der Waals surface area contributed by atoms with Crippen LogP contribution in [0, 0.1) is 0 Å². The van der Waals surface area contributed by atoms with Gasteiger partial charge in [0, 0.05) is 10.8 Å². The van der Waals surface area contributed by atoms with Crippen LogP contribution in [0.25, 0.3) is 46.2 Å². The molecule has 1 heteroatoms. The third-order valence-corrected chi connectivity index (χ3v) is 7.45. The number of benzene rings is 4. The molecule has 0 aliphatic heterocycles. The fourth-order valence-corrected chi connectivity index (χ4v) is 5.34. The fourth-order valence-electron chi connectivity index (χ4n) is 5.34. The Labute approximate surface area is 238 Å². The van der Waals surface area contributed by atoms with Crippen LogP contribution < -0.4 is 10.6 Å². The molecule has 0 amide bonds. The number of aromatic nitrogens is 1. The highest BCUT2D eigenvalue weighted by Crippen LogP contribution is 2.27. The zero-order chi connectivity index (χ0) is 27.6. The van der Waals surface area contributed by atoms with Gasteiger partial charge < -0.3 is 0 Å². The Hall–Kier alpha value is -4.49. The monoisotopic (exact) mass is 519 g/mol. The van der Waals surface area contributed by atoms with Crippen LogP contribution in [-0.2, 0) is 12.8 Å². The van der Waals surface area contributed by atoms with Crippen molar-refractivity contribution >= 4 is 12.7 Å². The van der Waals surface area contributed by atoms with E-state index < -0.39 is 0 Å². The van der Waals surface area contributed by atoms with E-state index in [0.29, 0.717) is 0 Å². The summed E-state index contributed by atoms with van der Waals surface area (Å²) >= 11 is 0. The lowest BCUT2D eigenvalue weighted by molar-refractivity contribution is 0.640. The molecular weight excluding hydrogens is 482 g/mol.